The molecule has 2 atom stereocenters. The van der Waals surface area contributed by atoms with Crippen molar-refractivity contribution in [1.82, 2.24) is 5.06 Å². The zero-order chi connectivity index (χ0) is 19.8. The summed E-state index contributed by atoms with van der Waals surface area (Å²) in [6.45, 7) is 4.44. The number of ether oxygens (including phenoxy) is 1. The van der Waals surface area contributed by atoms with Crippen LogP contribution in [-0.4, -0.2) is 29.8 Å². The lowest BCUT2D eigenvalue weighted by atomic mass is 9.88. The van der Waals surface area contributed by atoms with Crippen LogP contribution in [0.1, 0.15) is 35.4 Å². The molecule has 0 bridgehead atoms. The van der Waals surface area contributed by atoms with E-state index < -0.39 is 18.2 Å². The van der Waals surface area contributed by atoms with E-state index in [2.05, 4.69) is 18.2 Å². The number of aryl methyl sites for hydroxylation is 2. The van der Waals surface area contributed by atoms with Crippen LogP contribution in [0.25, 0.3) is 0 Å². The van der Waals surface area contributed by atoms with Crippen molar-refractivity contribution in [3.63, 3.8) is 0 Å². The third-order valence-electron chi connectivity index (χ3n) is 5.08. The Bertz CT molecular complexity index is 948. The number of nitrogens with zero attached hydrogens (tertiary/aromatic N) is 1. The van der Waals surface area contributed by atoms with E-state index in [0.29, 0.717) is 13.0 Å². The standard InChI is InChI=1S/C21H20FNO4S/c1-12-3-5-18(28-17-6-4-15(22)10-13(17)2)16(9-12)14-7-8-23-19(11-14)26-20(24)21(25)27-23/h3-6,9-10,14,19H,7-8,11H2,1-2H3. The van der Waals surface area contributed by atoms with Crippen molar-refractivity contribution < 1.29 is 23.6 Å². The maximum atomic E-state index is 13.4. The average Bonchev–Trinajstić information content (AvgIpc) is 2.66. The van der Waals surface area contributed by atoms with Gasteiger partial charge in [0, 0.05) is 22.8 Å². The van der Waals surface area contributed by atoms with E-state index >= 15 is 0 Å². The van der Waals surface area contributed by atoms with Crippen LogP contribution >= 0.6 is 11.8 Å². The first-order valence-electron chi connectivity index (χ1n) is 9.15. The van der Waals surface area contributed by atoms with Crippen LogP contribution in [0.2, 0.25) is 0 Å². The number of fused-ring (bicyclic) bond motifs is 1. The average molecular weight is 401 g/mol. The van der Waals surface area contributed by atoms with Gasteiger partial charge in [-0.2, -0.15) is 0 Å². The van der Waals surface area contributed by atoms with E-state index in [1.165, 1.54) is 22.8 Å². The minimum atomic E-state index is -0.965. The predicted molar refractivity (Wildman–Crippen MR) is 101 cm³/mol. The maximum absolute atomic E-state index is 13.4. The number of esters is 1. The first-order valence-corrected chi connectivity index (χ1v) is 9.96. The van der Waals surface area contributed by atoms with Crippen molar-refractivity contribution in [2.75, 3.05) is 6.54 Å². The van der Waals surface area contributed by atoms with E-state index in [0.717, 1.165) is 27.3 Å². The Kier molecular flexibility index (Phi) is 5.12. The molecule has 0 aliphatic carbocycles. The van der Waals surface area contributed by atoms with Gasteiger partial charge in [0.1, 0.15) is 5.82 Å². The van der Waals surface area contributed by atoms with Gasteiger partial charge >= 0.3 is 11.9 Å². The molecule has 2 fully saturated rings. The molecule has 146 valence electrons. The fourth-order valence-electron chi connectivity index (χ4n) is 3.64. The molecule has 2 aliphatic rings. The van der Waals surface area contributed by atoms with Gasteiger partial charge in [-0.3, -0.25) is 0 Å². The van der Waals surface area contributed by atoms with Gasteiger partial charge in [0.15, 0.2) is 6.23 Å². The van der Waals surface area contributed by atoms with Crippen molar-refractivity contribution in [1.29, 1.82) is 0 Å². The second-order valence-electron chi connectivity index (χ2n) is 7.15. The van der Waals surface area contributed by atoms with Gasteiger partial charge in [-0.25, -0.2) is 14.0 Å². The molecule has 5 nitrogen and oxygen atoms in total. The molecule has 2 aliphatic heterocycles. The van der Waals surface area contributed by atoms with Gasteiger partial charge in [-0.15, -0.1) is 0 Å². The normalized spacial score (nSPS) is 22.4. The van der Waals surface area contributed by atoms with Crippen LogP contribution in [0.3, 0.4) is 0 Å². The first-order chi connectivity index (χ1) is 13.4. The minimum absolute atomic E-state index is 0.161. The molecule has 2 unspecified atom stereocenters. The molecule has 0 amide bonds. The SMILES string of the molecule is Cc1ccc(Sc2ccc(F)cc2C)c(C2CCN3OC(=O)C(=O)OC3C2)c1. The zero-order valence-electron chi connectivity index (χ0n) is 15.6. The van der Waals surface area contributed by atoms with Crippen LogP contribution < -0.4 is 0 Å². The van der Waals surface area contributed by atoms with Crippen molar-refractivity contribution in [3.8, 4) is 0 Å². The summed E-state index contributed by atoms with van der Waals surface area (Å²) in [5.41, 5.74) is 3.20. The summed E-state index contributed by atoms with van der Waals surface area (Å²) in [6, 6.07) is 11.1. The highest BCUT2D eigenvalue weighted by Gasteiger charge is 2.41. The molecule has 7 heteroatoms. The van der Waals surface area contributed by atoms with Crippen molar-refractivity contribution >= 4 is 23.7 Å². The number of rotatable bonds is 3. The molecule has 2 aromatic carbocycles. The summed E-state index contributed by atoms with van der Waals surface area (Å²) in [4.78, 5) is 30.1. The third kappa shape index (κ3) is 3.77. The van der Waals surface area contributed by atoms with Crippen LogP contribution in [0.5, 0.6) is 0 Å². The summed E-state index contributed by atoms with van der Waals surface area (Å²) in [5, 5.41) is 1.45. The highest BCUT2D eigenvalue weighted by atomic mass is 32.2. The van der Waals surface area contributed by atoms with Crippen molar-refractivity contribution in [3.05, 3.63) is 58.9 Å². The Labute approximate surface area is 166 Å². The Hall–Kier alpha value is -2.38. The molecule has 0 aromatic heterocycles. The molecule has 28 heavy (non-hydrogen) atoms. The van der Waals surface area contributed by atoms with Gasteiger partial charge in [0.05, 0.1) is 0 Å². The monoisotopic (exact) mass is 401 g/mol. The van der Waals surface area contributed by atoms with Crippen LogP contribution in [0.15, 0.2) is 46.2 Å². The molecule has 2 aromatic rings. The smallest absolute Gasteiger partial charge is 0.435 e. The van der Waals surface area contributed by atoms with Crippen molar-refractivity contribution in [2.24, 2.45) is 0 Å². The van der Waals surface area contributed by atoms with Crippen LogP contribution in [0, 0.1) is 19.7 Å². The number of carbonyl (C=O) groups excluding carboxylic acids is 2. The van der Waals surface area contributed by atoms with E-state index in [9.17, 15) is 14.0 Å². The zero-order valence-corrected chi connectivity index (χ0v) is 16.4. The summed E-state index contributed by atoms with van der Waals surface area (Å²) >= 11 is 1.61. The minimum Gasteiger partial charge on any atom is -0.435 e. The van der Waals surface area contributed by atoms with Crippen LogP contribution in [-0.2, 0) is 19.2 Å². The number of carbonyl (C=O) groups is 2. The molecule has 2 saturated heterocycles. The Morgan fingerprint density at radius 3 is 2.64 bits per heavy atom. The second kappa shape index (κ2) is 7.56. The van der Waals surface area contributed by atoms with Gasteiger partial charge in [0.2, 0.25) is 0 Å². The lowest BCUT2D eigenvalue weighted by molar-refractivity contribution is -0.275. The quantitative estimate of drug-likeness (QED) is 0.570. The van der Waals surface area contributed by atoms with Crippen molar-refractivity contribution in [2.45, 2.75) is 48.6 Å². The molecule has 0 spiro atoms. The van der Waals surface area contributed by atoms with Gasteiger partial charge in [-0.05, 0) is 61.6 Å². The first kappa shape index (κ1) is 19.0. The lowest BCUT2D eigenvalue weighted by Gasteiger charge is -2.39. The van der Waals surface area contributed by atoms with Gasteiger partial charge < -0.3 is 9.57 Å². The maximum Gasteiger partial charge on any atom is 0.436 e. The highest BCUT2D eigenvalue weighted by Crippen LogP contribution is 2.41. The Morgan fingerprint density at radius 1 is 1.07 bits per heavy atom. The van der Waals surface area contributed by atoms with E-state index in [1.807, 2.05) is 13.8 Å². The van der Waals surface area contributed by atoms with Gasteiger partial charge in [-0.1, -0.05) is 34.5 Å². The molecule has 4 rings (SSSR count). The number of hydrogen-bond donors (Lipinski definition) is 0. The predicted octanol–water partition coefficient (Wildman–Crippen LogP) is 4.11. The topological polar surface area (TPSA) is 55.8 Å². The number of halogens is 1. The van der Waals surface area contributed by atoms with Crippen LogP contribution in [0.4, 0.5) is 4.39 Å². The summed E-state index contributed by atoms with van der Waals surface area (Å²) in [7, 11) is 0. The number of benzene rings is 2. The molecular formula is C21H20FNO4S. The highest BCUT2D eigenvalue weighted by molar-refractivity contribution is 7.99. The van der Waals surface area contributed by atoms with E-state index in [4.69, 9.17) is 9.57 Å². The molecule has 0 saturated carbocycles. The number of hydrogen-bond acceptors (Lipinski definition) is 6. The molecule has 0 N–H and O–H groups in total. The molecular weight excluding hydrogens is 381 g/mol. The Morgan fingerprint density at radius 2 is 1.86 bits per heavy atom. The van der Waals surface area contributed by atoms with E-state index in [1.54, 1.807) is 17.8 Å². The Balaban J connectivity index is 1.60. The third-order valence-corrected chi connectivity index (χ3v) is 6.35. The second-order valence-corrected chi connectivity index (χ2v) is 8.24. The van der Waals surface area contributed by atoms with Gasteiger partial charge in [0.25, 0.3) is 0 Å². The largest absolute Gasteiger partial charge is 0.436 e. The summed E-state index contributed by atoms with van der Waals surface area (Å²) in [5.74, 6) is -1.99. The molecule has 2 heterocycles. The fourth-order valence-corrected chi connectivity index (χ4v) is 4.71. The number of hydroxylamine groups is 2. The van der Waals surface area contributed by atoms with E-state index in [-0.39, 0.29) is 11.7 Å². The lowest BCUT2D eigenvalue weighted by Crippen LogP contribution is -2.51. The number of piperidine rings is 1. The summed E-state index contributed by atoms with van der Waals surface area (Å²) < 4.78 is 18.7. The fraction of sp³-hybridized carbons (Fsp3) is 0.333. The molecule has 0 radical (unpaired) electrons. The summed E-state index contributed by atoms with van der Waals surface area (Å²) in [6.07, 6.45) is 0.772.